The number of carbonyl (C=O) groups excluding carboxylic acids is 2. The number of nitrogens with one attached hydrogen (secondary N) is 1. The first-order chi connectivity index (χ1) is 9.79. The summed E-state index contributed by atoms with van der Waals surface area (Å²) in [4.78, 5) is 29.2. The van der Waals surface area contributed by atoms with Crippen LogP contribution in [0.5, 0.6) is 0 Å². The van der Waals surface area contributed by atoms with Crippen LogP contribution in [-0.4, -0.2) is 34.8 Å². The molecule has 0 unspecified atom stereocenters. The first-order valence-corrected chi connectivity index (χ1v) is 7.27. The minimum atomic E-state index is -0.253. The number of amides is 2. The van der Waals surface area contributed by atoms with Gasteiger partial charge in [0, 0.05) is 20.0 Å². The van der Waals surface area contributed by atoms with Crippen LogP contribution in [0, 0.1) is 11.8 Å². The monoisotopic (exact) mass is 295 g/mol. The summed E-state index contributed by atoms with van der Waals surface area (Å²) in [7, 11) is 0. The Morgan fingerprint density at radius 3 is 2.48 bits per heavy atom. The van der Waals surface area contributed by atoms with Crippen LogP contribution < -0.4 is 5.32 Å². The van der Waals surface area contributed by atoms with Gasteiger partial charge < -0.3 is 14.6 Å². The Kier molecular flexibility index (Phi) is 6.39. The van der Waals surface area contributed by atoms with Crippen LogP contribution in [-0.2, 0) is 11.3 Å². The van der Waals surface area contributed by atoms with Crippen molar-refractivity contribution in [1.82, 2.24) is 15.2 Å². The van der Waals surface area contributed by atoms with Crippen molar-refractivity contribution in [1.29, 1.82) is 0 Å². The van der Waals surface area contributed by atoms with Gasteiger partial charge in [-0.3, -0.25) is 9.59 Å². The third-order valence-corrected chi connectivity index (χ3v) is 2.81. The maximum Gasteiger partial charge on any atom is 0.273 e. The van der Waals surface area contributed by atoms with Crippen molar-refractivity contribution in [3.05, 3.63) is 17.8 Å². The molecule has 0 fully saturated rings. The minimum Gasteiger partial charge on any atom is -0.446 e. The third-order valence-electron chi connectivity index (χ3n) is 2.81. The van der Waals surface area contributed by atoms with Gasteiger partial charge in [-0.05, 0) is 11.8 Å². The number of hydrogen-bond acceptors (Lipinski definition) is 4. The average molecular weight is 295 g/mol. The highest BCUT2D eigenvalue weighted by Crippen LogP contribution is 2.08. The molecule has 118 valence electrons. The molecule has 0 aliphatic carbocycles. The Morgan fingerprint density at radius 1 is 1.29 bits per heavy atom. The van der Waals surface area contributed by atoms with Crippen molar-refractivity contribution in [3.8, 4) is 0 Å². The SMILES string of the molecule is CC(=O)N(Cc1nc(C(=O)NCC(C)C)co1)CC(C)C. The number of aromatic nitrogens is 1. The lowest BCUT2D eigenvalue weighted by atomic mass is 10.2. The number of nitrogens with zero attached hydrogens (tertiary/aromatic N) is 2. The zero-order chi connectivity index (χ0) is 16.0. The highest BCUT2D eigenvalue weighted by molar-refractivity contribution is 5.91. The topological polar surface area (TPSA) is 75.4 Å². The molecule has 0 saturated heterocycles. The molecule has 0 bridgehead atoms. The van der Waals surface area contributed by atoms with Gasteiger partial charge in [0.15, 0.2) is 5.69 Å². The van der Waals surface area contributed by atoms with Crippen molar-refractivity contribution in [2.75, 3.05) is 13.1 Å². The van der Waals surface area contributed by atoms with Crippen LogP contribution in [0.15, 0.2) is 10.7 Å². The second-order valence-corrected chi connectivity index (χ2v) is 6.02. The lowest BCUT2D eigenvalue weighted by molar-refractivity contribution is -0.130. The molecule has 1 N–H and O–H groups in total. The summed E-state index contributed by atoms with van der Waals surface area (Å²) < 4.78 is 5.29. The Hall–Kier alpha value is -1.85. The average Bonchev–Trinajstić information content (AvgIpc) is 2.83. The molecule has 0 aliphatic heterocycles. The Bertz CT molecular complexity index is 480. The van der Waals surface area contributed by atoms with Crippen molar-refractivity contribution in [2.45, 2.75) is 41.2 Å². The van der Waals surface area contributed by atoms with Crippen LogP contribution in [0.2, 0.25) is 0 Å². The first kappa shape index (κ1) is 17.2. The predicted octanol–water partition coefficient (Wildman–Crippen LogP) is 2.06. The molecule has 1 aromatic rings. The largest absolute Gasteiger partial charge is 0.446 e. The first-order valence-electron chi connectivity index (χ1n) is 7.27. The molecule has 6 heteroatoms. The fraction of sp³-hybridized carbons (Fsp3) is 0.667. The summed E-state index contributed by atoms with van der Waals surface area (Å²) in [5.41, 5.74) is 0.249. The van der Waals surface area contributed by atoms with E-state index in [1.807, 2.05) is 27.7 Å². The molecule has 1 rings (SSSR count). The third kappa shape index (κ3) is 5.97. The molecule has 1 aromatic heterocycles. The number of oxazole rings is 1. The quantitative estimate of drug-likeness (QED) is 0.835. The van der Waals surface area contributed by atoms with Crippen LogP contribution >= 0.6 is 0 Å². The maximum absolute atomic E-state index is 11.8. The van der Waals surface area contributed by atoms with E-state index in [0.29, 0.717) is 30.8 Å². The molecule has 2 amide bonds. The summed E-state index contributed by atoms with van der Waals surface area (Å²) >= 11 is 0. The highest BCUT2D eigenvalue weighted by atomic mass is 16.3. The van der Waals surface area contributed by atoms with Gasteiger partial charge in [-0.2, -0.15) is 0 Å². The molecule has 0 aliphatic rings. The number of carbonyl (C=O) groups is 2. The van der Waals surface area contributed by atoms with Gasteiger partial charge in [-0.25, -0.2) is 4.98 Å². The van der Waals surface area contributed by atoms with Gasteiger partial charge in [0.25, 0.3) is 5.91 Å². The molecule has 0 radical (unpaired) electrons. The van der Waals surface area contributed by atoms with E-state index in [-0.39, 0.29) is 24.1 Å². The van der Waals surface area contributed by atoms with E-state index in [4.69, 9.17) is 4.42 Å². The highest BCUT2D eigenvalue weighted by Gasteiger charge is 2.17. The normalized spacial score (nSPS) is 11.0. The van der Waals surface area contributed by atoms with Crippen molar-refractivity contribution < 1.29 is 14.0 Å². The lowest BCUT2D eigenvalue weighted by Gasteiger charge is -2.21. The van der Waals surface area contributed by atoms with Gasteiger partial charge in [0.2, 0.25) is 11.8 Å². The van der Waals surface area contributed by atoms with Crippen LogP contribution in [0.1, 0.15) is 51.0 Å². The summed E-state index contributed by atoms with van der Waals surface area (Å²) in [5.74, 6) is 0.822. The molecule has 0 spiro atoms. The molecule has 6 nitrogen and oxygen atoms in total. The Morgan fingerprint density at radius 2 is 1.95 bits per heavy atom. The molecule has 0 atom stereocenters. The number of hydrogen-bond donors (Lipinski definition) is 1. The second-order valence-electron chi connectivity index (χ2n) is 6.02. The second kappa shape index (κ2) is 7.81. The fourth-order valence-electron chi connectivity index (χ4n) is 1.78. The molecule has 0 saturated carbocycles. The van der Waals surface area contributed by atoms with E-state index < -0.39 is 0 Å². The van der Waals surface area contributed by atoms with Crippen molar-refractivity contribution in [2.24, 2.45) is 11.8 Å². The summed E-state index contributed by atoms with van der Waals surface area (Å²) in [6.45, 7) is 11.1. The van der Waals surface area contributed by atoms with Gasteiger partial charge >= 0.3 is 0 Å². The van der Waals surface area contributed by atoms with Crippen LogP contribution in [0.25, 0.3) is 0 Å². The van der Waals surface area contributed by atoms with Gasteiger partial charge in [-0.1, -0.05) is 27.7 Å². The standard InChI is InChI=1S/C15H25N3O3/c1-10(2)6-16-15(20)13-9-21-14(17-13)8-18(12(5)19)7-11(3)4/h9-11H,6-8H2,1-5H3,(H,16,20). The van der Waals surface area contributed by atoms with Gasteiger partial charge in [-0.15, -0.1) is 0 Å². The Labute approximate surface area is 125 Å². The summed E-state index contributed by atoms with van der Waals surface area (Å²) in [6, 6.07) is 0. The molecular weight excluding hydrogens is 270 g/mol. The van der Waals surface area contributed by atoms with Crippen molar-refractivity contribution >= 4 is 11.8 Å². The Balaban J connectivity index is 2.65. The predicted molar refractivity (Wildman–Crippen MR) is 79.6 cm³/mol. The zero-order valence-corrected chi connectivity index (χ0v) is 13.5. The number of rotatable bonds is 7. The van der Waals surface area contributed by atoms with E-state index in [2.05, 4.69) is 10.3 Å². The van der Waals surface area contributed by atoms with E-state index >= 15 is 0 Å². The van der Waals surface area contributed by atoms with E-state index in [1.54, 1.807) is 4.90 Å². The molecular formula is C15H25N3O3. The smallest absolute Gasteiger partial charge is 0.273 e. The molecule has 1 heterocycles. The van der Waals surface area contributed by atoms with Gasteiger partial charge in [0.05, 0.1) is 6.54 Å². The lowest BCUT2D eigenvalue weighted by Crippen LogP contribution is -2.32. The van der Waals surface area contributed by atoms with E-state index in [0.717, 1.165) is 0 Å². The molecule has 0 aromatic carbocycles. The van der Waals surface area contributed by atoms with E-state index in [1.165, 1.54) is 13.2 Å². The van der Waals surface area contributed by atoms with Crippen LogP contribution in [0.3, 0.4) is 0 Å². The fourth-order valence-corrected chi connectivity index (χ4v) is 1.78. The minimum absolute atomic E-state index is 0.0345. The van der Waals surface area contributed by atoms with E-state index in [9.17, 15) is 9.59 Å². The van der Waals surface area contributed by atoms with Gasteiger partial charge in [0.1, 0.15) is 6.26 Å². The summed E-state index contributed by atoms with van der Waals surface area (Å²) in [6.07, 6.45) is 1.33. The van der Waals surface area contributed by atoms with Crippen molar-refractivity contribution in [3.63, 3.8) is 0 Å². The zero-order valence-electron chi connectivity index (χ0n) is 13.5. The molecule has 21 heavy (non-hydrogen) atoms. The maximum atomic E-state index is 11.8. The summed E-state index contributed by atoms with van der Waals surface area (Å²) in [5, 5.41) is 2.78. The van der Waals surface area contributed by atoms with Crippen LogP contribution in [0.4, 0.5) is 0 Å².